The average Bonchev–Trinajstić information content (AvgIpc) is 3.04. The van der Waals surface area contributed by atoms with Crippen molar-refractivity contribution >= 4 is 23.8 Å². The number of aromatic nitrogens is 1. The molecule has 2 aliphatic rings. The Balaban J connectivity index is 1.33. The number of amides is 5. The Hall–Kier alpha value is -3.75. The minimum atomic E-state index is -1.21. The van der Waals surface area contributed by atoms with Crippen molar-refractivity contribution in [1.82, 2.24) is 25.0 Å². The molecule has 2 aromatic rings. The maximum absolute atomic E-state index is 13.1. The molecule has 1 unspecified atom stereocenters. The van der Waals surface area contributed by atoms with Gasteiger partial charge in [0.05, 0.1) is 6.42 Å². The van der Waals surface area contributed by atoms with Crippen molar-refractivity contribution in [3.63, 3.8) is 0 Å². The highest BCUT2D eigenvalue weighted by molar-refractivity contribution is 6.09. The Labute approximate surface area is 192 Å². The van der Waals surface area contributed by atoms with E-state index in [0.29, 0.717) is 37.4 Å². The van der Waals surface area contributed by atoms with E-state index in [1.54, 1.807) is 47.2 Å². The van der Waals surface area contributed by atoms with Gasteiger partial charge in [0.2, 0.25) is 11.8 Å². The summed E-state index contributed by atoms with van der Waals surface area (Å²) in [6, 6.07) is 12.2. The molecule has 2 aliphatic heterocycles. The Morgan fingerprint density at radius 3 is 2.21 bits per heavy atom. The number of imide groups is 1. The molecule has 2 fully saturated rings. The summed E-state index contributed by atoms with van der Waals surface area (Å²) in [4.78, 5) is 59.4. The number of urea groups is 1. The predicted octanol–water partition coefficient (Wildman–Crippen LogP) is 1.07. The van der Waals surface area contributed by atoms with Crippen molar-refractivity contribution < 1.29 is 19.2 Å². The number of rotatable bonds is 5. The summed E-state index contributed by atoms with van der Waals surface area (Å²) in [6.45, 7) is 4.77. The van der Waals surface area contributed by atoms with Gasteiger partial charge in [-0.2, -0.15) is 0 Å². The fourth-order valence-corrected chi connectivity index (χ4v) is 4.13. The van der Waals surface area contributed by atoms with Crippen LogP contribution in [0.5, 0.6) is 0 Å². The first-order chi connectivity index (χ1) is 15.8. The molecule has 172 valence electrons. The second-order valence-electron chi connectivity index (χ2n) is 8.57. The Kier molecular flexibility index (Phi) is 6.13. The normalized spacial score (nSPS) is 20.7. The zero-order valence-corrected chi connectivity index (χ0v) is 18.8. The highest BCUT2D eigenvalue weighted by Gasteiger charge is 2.49. The number of hydrogen-bond acceptors (Lipinski definition) is 5. The number of benzene rings is 1. The zero-order chi connectivity index (χ0) is 23.6. The third-order valence-corrected chi connectivity index (χ3v) is 6.24. The Bertz CT molecular complexity index is 1060. The van der Waals surface area contributed by atoms with E-state index < -0.39 is 17.5 Å². The first kappa shape index (κ1) is 22.4. The highest BCUT2D eigenvalue weighted by atomic mass is 16.2. The van der Waals surface area contributed by atoms with Gasteiger partial charge in [-0.15, -0.1) is 0 Å². The van der Waals surface area contributed by atoms with Crippen molar-refractivity contribution in [3.8, 4) is 0 Å². The number of aryl methyl sites for hydroxylation is 1. The maximum Gasteiger partial charge on any atom is 0.325 e. The average molecular weight is 450 g/mol. The number of nitrogens with one attached hydrogen (secondary N) is 1. The zero-order valence-electron chi connectivity index (χ0n) is 18.8. The highest BCUT2D eigenvalue weighted by Crippen LogP contribution is 2.29. The van der Waals surface area contributed by atoms with E-state index in [1.165, 1.54) is 0 Å². The fourth-order valence-electron chi connectivity index (χ4n) is 4.13. The quantitative estimate of drug-likeness (QED) is 0.688. The molecule has 5 amide bonds. The molecule has 9 nitrogen and oxygen atoms in total. The van der Waals surface area contributed by atoms with E-state index in [4.69, 9.17) is 0 Å². The molecule has 0 saturated carbocycles. The topological polar surface area (TPSA) is 103 Å². The Morgan fingerprint density at radius 1 is 0.970 bits per heavy atom. The van der Waals surface area contributed by atoms with Gasteiger partial charge >= 0.3 is 6.03 Å². The molecule has 4 rings (SSSR count). The van der Waals surface area contributed by atoms with Crippen molar-refractivity contribution in [2.24, 2.45) is 0 Å². The molecular weight excluding hydrogens is 422 g/mol. The standard InChI is InChI=1S/C24H27N5O4/c1-17-6-8-18(9-7-17)24(2)22(32)29(23(33)26-24)16-21(31)28-13-11-27(12-14-28)20(30)15-19-5-3-4-10-25-19/h3-10H,11-16H2,1-2H3,(H,26,33). The summed E-state index contributed by atoms with van der Waals surface area (Å²) in [6.07, 6.45) is 1.87. The fraction of sp³-hybridized carbons (Fsp3) is 0.375. The maximum atomic E-state index is 13.1. The number of piperazine rings is 1. The summed E-state index contributed by atoms with van der Waals surface area (Å²) in [5, 5.41) is 2.73. The largest absolute Gasteiger partial charge is 0.339 e. The van der Waals surface area contributed by atoms with Gasteiger partial charge in [-0.3, -0.25) is 24.3 Å². The molecule has 0 bridgehead atoms. The van der Waals surface area contributed by atoms with Gasteiger partial charge in [0, 0.05) is 38.1 Å². The lowest BCUT2D eigenvalue weighted by atomic mass is 9.91. The smallest absolute Gasteiger partial charge is 0.325 e. The van der Waals surface area contributed by atoms with E-state index in [9.17, 15) is 19.2 Å². The molecule has 2 saturated heterocycles. The molecule has 3 heterocycles. The van der Waals surface area contributed by atoms with E-state index in [2.05, 4.69) is 10.3 Å². The summed E-state index contributed by atoms with van der Waals surface area (Å²) in [7, 11) is 0. The van der Waals surface area contributed by atoms with Crippen LogP contribution in [0.1, 0.15) is 23.7 Å². The van der Waals surface area contributed by atoms with Crippen LogP contribution in [-0.2, 0) is 26.3 Å². The minimum Gasteiger partial charge on any atom is -0.339 e. The number of carbonyl (C=O) groups excluding carboxylic acids is 4. The summed E-state index contributed by atoms with van der Waals surface area (Å²) in [5.74, 6) is -0.805. The van der Waals surface area contributed by atoms with Crippen LogP contribution in [0.15, 0.2) is 48.7 Å². The van der Waals surface area contributed by atoms with Crippen LogP contribution in [0.3, 0.4) is 0 Å². The van der Waals surface area contributed by atoms with Crippen LogP contribution < -0.4 is 5.32 Å². The second kappa shape index (κ2) is 9.01. The lowest BCUT2D eigenvalue weighted by Crippen LogP contribution is -2.53. The molecule has 0 aliphatic carbocycles. The van der Waals surface area contributed by atoms with Gasteiger partial charge in [0.25, 0.3) is 5.91 Å². The first-order valence-corrected chi connectivity index (χ1v) is 10.9. The van der Waals surface area contributed by atoms with Crippen LogP contribution in [0, 0.1) is 6.92 Å². The van der Waals surface area contributed by atoms with E-state index in [0.717, 1.165) is 10.5 Å². The molecule has 1 N–H and O–H groups in total. The third-order valence-electron chi connectivity index (χ3n) is 6.24. The molecule has 0 spiro atoms. The van der Waals surface area contributed by atoms with E-state index in [-0.39, 0.29) is 24.8 Å². The molecule has 0 radical (unpaired) electrons. The van der Waals surface area contributed by atoms with E-state index in [1.807, 2.05) is 25.1 Å². The first-order valence-electron chi connectivity index (χ1n) is 10.9. The molecule has 1 atom stereocenters. The molecular formula is C24H27N5O4. The second-order valence-corrected chi connectivity index (χ2v) is 8.57. The van der Waals surface area contributed by atoms with Crippen molar-refractivity contribution in [2.45, 2.75) is 25.8 Å². The van der Waals surface area contributed by atoms with Gasteiger partial charge in [0.1, 0.15) is 12.1 Å². The molecule has 9 heteroatoms. The number of nitrogens with zero attached hydrogens (tertiary/aromatic N) is 4. The van der Waals surface area contributed by atoms with Gasteiger partial charge in [-0.1, -0.05) is 35.9 Å². The van der Waals surface area contributed by atoms with Crippen LogP contribution in [0.4, 0.5) is 4.79 Å². The number of hydrogen-bond donors (Lipinski definition) is 1. The SMILES string of the molecule is Cc1ccc(C2(C)NC(=O)N(CC(=O)N3CCN(C(=O)Cc4ccccn4)CC3)C2=O)cc1. The molecule has 1 aromatic heterocycles. The van der Waals surface area contributed by atoms with Crippen molar-refractivity contribution in [2.75, 3.05) is 32.7 Å². The Morgan fingerprint density at radius 2 is 1.61 bits per heavy atom. The monoisotopic (exact) mass is 449 g/mol. The lowest BCUT2D eigenvalue weighted by molar-refractivity contribution is -0.142. The van der Waals surface area contributed by atoms with Crippen LogP contribution in [-0.4, -0.2) is 76.2 Å². The van der Waals surface area contributed by atoms with Gasteiger partial charge in [-0.05, 0) is 31.5 Å². The van der Waals surface area contributed by atoms with Gasteiger partial charge in [0.15, 0.2) is 0 Å². The van der Waals surface area contributed by atoms with Crippen LogP contribution >= 0.6 is 0 Å². The van der Waals surface area contributed by atoms with E-state index >= 15 is 0 Å². The van der Waals surface area contributed by atoms with Crippen LogP contribution in [0.25, 0.3) is 0 Å². The lowest BCUT2D eigenvalue weighted by Gasteiger charge is -2.35. The van der Waals surface area contributed by atoms with Gasteiger partial charge in [-0.25, -0.2) is 4.79 Å². The van der Waals surface area contributed by atoms with Crippen molar-refractivity contribution in [3.05, 3.63) is 65.5 Å². The predicted molar refractivity (Wildman–Crippen MR) is 120 cm³/mol. The van der Waals surface area contributed by atoms with Crippen molar-refractivity contribution in [1.29, 1.82) is 0 Å². The number of pyridine rings is 1. The van der Waals surface area contributed by atoms with Gasteiger partial charge < -0.3 is 15.1 Å². The minimum absolute atomic E-state index is 0.0382. The van der Waals surface area contributed by atoms with Crippen LogP contribution in [0.2, 0.25) is 0 Å². The molecule has 33 heavy (non-hydrogen) atoms. The third kappa shape index (κ3) is 4.57. The summed E-state index contributed by atoms with van der Waals surface area (Å²) in [5.41, 5.74) is 1.21. The molecule has 1 aromatic carbocycles. The summed E-state index contributed by atoms with van der Waals surface area (Å²) < 4.78 is 0. The summed E-state index contributed by atoms with van der Waals surface area (Å²) >= 11 is 0. The number of carbonyl (C=O) groups is 4.